The largest absolute Gasteiger partial charge is 0.369 e. The Kier molecular flexibility index (Phi) is 2.74. The smallest absolute Gasteiger partial charge is 0.257 e. The van der Waals surface area contributed by atoms with Crippen LogP contribution in [0.15, 0.2) is 29.1 Å². The number of rotatable bonds is 1. The molecule has 0 fully saturated rings. The second-order valence-corrected chi connectivity index (χ2v) is 4.58. The van der Waals surface area contributed by atoms with Crippen molar-refractivity contribution in [3.63, 3.8) is 0 Å². The molecule has 0 aliphatic carbocycles. The van der Waals surface area contributed by atoms with Crippen LogP contribution in [0, 0.1) is 5.82 Å². The number of fused-ring (bicyclic) bond motifs is 1. The molecule has 1 aliphatic heterocycles. The fourth-order valence-electron chi connectivity index (χ4n) is 2.27. The molecule has 0 saturated heterocycles. The van der Waals surface area contributed by atoms with Crippen molar-refractivity contribution >= 4 is 17.7 Å². The number of nitrogens with zero attached hydrogens (tertiary/aromatic N) is 1. The minimum Gasteiger partial charge on any atom is -0.369 e. The fraction of sp³-hybridized carbons (Fsp3) is 0.154. The van der Waals surface area contributed by atoms with Crippen LogP contribution in [0.1, 0.15) is 17.0 Å². The summed E-state index contributed by atoms with van der Waals surface area (Å²) in [6.07, 6.45) is 0.204. The van der Waals surface area contributed by atoms with Crippen LogP contribution < -0.4 is 16.6 Å². The van der Waals surface area contributed by atoms with E-state index < -0.39 is 5.92 Å². The maximum absolute atomic E-state index is 12.9. The van der Waals surface area contributed by atoms with Crippen molar-refractivity contribution in [1.29, 1.82) is 0 Å². The van der Waals surface area contributed by atoms with Gasteiger partial charge in [-0.25, -0.2) is 4.39 Å². The molecule has 1 atom stereocenters. The highest BCUT2D eigenvalue weighted by atomic mass is 19.1. The van der Waals surface area contributed by atoms with Crippen LogP contribution in [0.25, 0.3) is 0 Å². The van der Waals surface area contributed by atoms with Crippen LogP contribution in [0.5, 0.6) is 0 Å². The lowest BCUT2D eigenvalue weighted by Crippen LogP contribution is -2.33. The van der Waals surface area contributed by atoms with Gasteiger partial charge in [0.25, 0.3) is 5.56 Å². The molecule has 20 heavy (non-hydrogen) atoms. The highest BCUT2D eigenvalue weighted by molar-refractivity contribution is 5.98. The Balaban J connectivity index is 2.02. The number of benzene rings is 1. The Morgan fingerprint density at radius 1 is 1.25 bits per heavy atom. The third kappa shape index (κ3) is 2.03. The molecule has 2 heterocycles. The minimum absolute atomic E-state index is 0.0470. The number of aromatic nitrogens is 2. The van der Waals surface area contributed by atoms with Gasteiger partial charge in [-0.05, 0) is 24.1 Å². The molecule has 0 radical (unpaired) electrons. The van der Waals surface area contributed by atoms with Crippen molar-refractivity contribution < 1.29 is 9.18 Å². The molecule has 1 aromatic heterocycles. The van der Waals surface area contributed by atoms with Crippen molar-refractivity contribution in [3.05, 3.63) is 51.6 Å². The molecular formula is C13H11FN4O2. The molecule has 6 nitrogen and oxygen atoms in total. The molecule has 0 bridgehead atoms. The van der Waals surface area contributed by atoms with Gasteiger partial charge in [0.05, 0.1) is 11.5 Å². The van der Waals surface area contributed by atoms with Crippen molar-refractivity contribution in [3.8, 4) is 0 Å². The summed E-state index contributed by atoms with van der Waals surface area (Å²) in [7, 11) is 0. The Bertz CT molecular complexity index is 739. The first kappa shape index (κ1) is 12.3. The summed E-state index contributed by atoms with van der Waals surface area (Å²) in [5, 5.41) is 2.56. The first-order valence-electron chi connectivity index (χ1n) is 5.99. The summed E-state index contributed by atoms with van der Waals surface area (Å²) in [6, 6.07) is 5.63. The number of aromatic amines is 1. The van der Waals surface area contributed by atoms with Crippen molar-refractivity contribution in [2.45, 2.75) is 12.3 Å². The van der Waals surface area contributed by atoms with E-state index in [1.807, 2.05) is 0 Å². The monoisotopic (exact) mass is 274 g/mol. The molecule has 1 aromatic carbocycles. The van der Waals surface area contributed by atoms with E-state index in [1.54, 1.807) is 0 Å². The number of carbonyl (C=O) groups is 1. The Morgan fingerprint density at radius 3 is 2.65 bits per heavy atom. The number of carbonyl (C=O) groups excluding carboxylic acids is 1. The van der Waals surface area contributed by atoms with Gasteiger partial charge in [-0.15, -0.1) is 0 Å². The maximum Gasteiger partial charge on any atom is 0.257 e. The highest BCUT2D eigenvalue weighted by Crippen LogP contribution is 2.28. The summed E-state index contributed by atoms with van der Waals surface area (Å²) in [4.78, 5) is 30.2. The second-order valence-electron chi connectivity index (χ2n) is 4.58. The lowest BCUT2D eigenvalue weighted by Gasteiger charge is -2.23. The molecule has 1 amide bonds. The summed E-state index contributed by atoms with van der Waals surface area (Å²) in [6.45, 7) is 0. The predicted octanol–water partition coefficient (Wildman–Crippen LogP) is 0.770. The lowest BCUT2D eigenvalue weighted by molar-refractivity contribution is -0.117. The molecule has 0 saturated carbocycles. The molecule has 3 rings (SSSR count). The van der Waals surface area contributed by atoms with Crippen molar-refractivity contribution in [2.75, 3.05) is 11.1 Å². The van der Waals surface area contributed by atoms with E-state index in [1.165, 1.54) is 24.3 Å². The molecular weight excluding hydrogens is 263 g/mol. The first-order chi connectivity index (χ1) is 9.54. The SMILES string of the molecule is Nc1nc2c(c(=O)[nH]1)CC(c1ccc(F)cc1)C(=O)N2. The van der Waals surface area contributed by atoms with Crippen molar-refractivity contribution in [2.24, 2.45) is 0 Å². The van der Waals surface area contributed by atoms with Gasteiger partial charge >= 0.3 is 0 Å². The third-order valence-corrected chi connectivity index (χ3v) is 3.27. The summed E-state index contributed by atoms with van der Waals surface area (Å²) >= 11 is 0. The van der Waals surface area contributed by atoms with Crippen LogP contribution in [0.4, 0.5) is 16.2 Å². The van der Waals surface area contributed by atoms with Gasteiger partial charge in [-0.2, -0.15) is 4.98 Å². The third-order valence-electron chi connectivity index (χ3n) is 3.27. The normalized spacial score (nSPS) is 17.4. The van der Waals surface area contributed by atoms with Crippen LogP contribution >= 0.6 is 0 Å². The minimum atomic E-state index is -0.547. The van der Waals surface area contributed by atoms with E-state index in [4.69, 9.17) is 5.73 Å². The molecule has 4 N–H and O–H groups in total. The van der Waals surface area contributed by atoms with E-state index >= 15 is 0 Å². The van der Waals surface area contributed by atoms with Gasteiger partial charge in [-0.1, -0.05) is 12.1 Å². The highest BCUT2D eigenvalue weighted by Gasteiger charge is 2.30. The van der Waals surface area contributed by atoms with Gasteiger partial charge in [0, 0.05) is 0 Å². The molecule has 7 heteroatoms. The average Bonchev–Trinajstić information content (AvgIpc) is 2.39. The van der Waals surface area contributed by atoms with E-state index in [9.17, 15) is 14.0 Å². The zero-order valence-corrected chi connectivity index (χ0v) is 10.3. The van der Waals surface area contributed by atoms with Gasteiger partial charge in [0.15, 0.2) is 0 Å². The lowest BCUT2D eigenvalue weighted by atomic mass is 9.89. The number of nitrogens with two attached hydrogens (primary N) is 1. The van der Waals surface area contributed by atoms with Crippen molar-refractivity contribution in [1.82, 2.24) is 9.97 Å². The number of anilines is 2. The van der Waals surface area contributed by atoms with Crippen LogP contribution in [-0.4, -0.2) is 15.9 Å². The fourth-order valence-corrected chi connectivity index (χ4v) is 2.27. The number of hydrogen-bond donors (Lipinski definition) is 3. The van der Waals surface area contributed by atoms with Gasteiger partial charge in [-0.3, -0.25) is 14.6 Å². The predicted molar refractivity (Wildman–Crippen MR) is 70.7 cm³/mol. The van der Waals surface area contributed by atoms with E-state index in [-0.39, 0.29) is 35.5 Å². The quantitative estimate of drug-likeness (QED) is 0.715. The molecule has 102 valence electrons. The number of amides is 1. The second kappa shape index (κ2) is 4.44. The number of halogens is 1. The Morgan fingerprint density at radius 2 is 1.95 bits per heavy atom. The average molecular weight is 274 g/mol. The number of hydrogen-bond acceptors (Lipinski definition) is 4. The summed E-state index contributed by atoms with van der Waals surface area (Å²) < 4.78 is 12.9. The summed E-state index contributed by atoms with van der Waals surface area (Å²) in [5.41, 5.74) is 6.07. The van der Waals surface area contributed by atoms with Crippen LogP contribution in [0.3, 0.4) is 0 Å². The number of H-pyrrole nitrogens is 1. The summed E-state index contributed by atoms with van der Waals surface area (Å²) in [5.74, 6) is -1.07. The molecule has 2 aromatic rings. The van der Waals surface area contributed by atoms with Crippen LogP contribution in [0.2, 0.25) is 0 Å². The zero-order chi connectivity index (χ0) is 14.3. The number of nitrogen functional groups attached to an aromatic ring is 1. The maximum atomic E-state index is 12.9. The zero-order valence-electron chi connectivity index (χ0n) is 10.3. The Hall–Kier alpha value is -2.70. The topological polar surface area (TPSA) is 101 Å². The van der Waals surface area contributed by atoms with Gasteiger partial charge in [0.1, 0.15) is 11.6 Å². The first-order valence-corrected chi connectivity index (χ1v) is 5.99. The molecule has 1 unspecified atom stereocenters. The van der Waals surface area contributed by atoms with Gasteiger partial charge < -0.3 is 11.1 Å². The molecule has 0 spiro atoms. The standard InChI is InChI=1S/C13H11FN4O2/c14-7-3-1-6(2-4-7)8-5-9-10(16-11(8)19)17-13(15)18-12(9)20/h1-4,8H,5H2,(H4,15,16,17,18,19,20). The number of nitrogens with one attached hydrogen (secondary N) is 2. The molecule has 1 aliphatic rings. The van der Waals surface area contributed by atoms with E-state index in [0.717, 1.165) is 0 Å². The van der Waals surface area contributed by atoms with E-state index in [0.29, 0.717) is 11.1 Å². The Labute approximate surface area is 112 Å². The van der Waals surface area contributed by atoms with Gasteiger partial charge in [0.2, 0.25) is 11.9 Å². The van der Waals surface area contributed by atoms with Crippen LogP contribution in [-0.2, 0) is 11.2 Å². The van der Waals surface area contributed by atoms with E-state index in [2.05, 4.69) is 15.3 Å².